The maximum atomic E-state index is 11.6. The summed E-state index contributed by atoms with van der Waals surface area (Å²) in [7, 11) is 0. The van der Waals surface area contributed by atoms with Gasteiger partial charge in [0.15, 0.2) is 0 Å². The first-order valence-electron chi connectivity index (χ1n) is 7.19. The summed E-state index contributed by atoms with van der Waals surface area (Å²) in [6, 6.07) is 8.17. The molecule has 24 heavy (non-hydrogen) atoms. The largest absolute Gasteiger partial charge is 1.00 e. The number of hydrogen-bond donors (Lipinski definition) is 1. The summed E-state index contributed by atoms with van der Waals surface area (Å²) in [5.74, 6) is -0.808. The molecule has 2 aromatic carbocycles. The molecule has 0 radical (unpaired) electrons. The fraction of sp³-hybridized carbons (Fsp3) is 0.235. The first kappa shape index (κ1) is 17.9. The molecule has 0 bridgehead atoms. The fourth-order valence-corrected chi connectivity index (χ4v) is 4.06. The molecule has 2 aliphatic heterocycles. The first-order valence-corrected chi connectivity index (χ1v) is 7.95. The predicted molar refractivity (Wildman–Crippen MR) is 86.3 cm³/mol. The molecule has 0 saturated heterocycles. The van der Waals surface area contributed by atoms with Crippen molar-refractivity contribution < 1.29 is 44.2 Å². The Bertz CT molecular complexity index is 843. The number of aryl methyl sites for hydroxylation is 1. The molecule has 4 rings (SSSR count). The minimum absolute atomic E-state index is 0. The molecule has 0 spiro atoms. The van der Waals surface area contributed by atoms with Gasteiger partial charge in [0.2, 0.25) is 0 Å². The van der Waals surface area contributed by atoms with E-state index in [4.69, 9.17) is 27.9 Å². The number of benzene rings is 2. The Labute approximate surface area is 171 Å². The molecule has 4 nitrogen and oxygen atoms in total. The van der Waals surface area contributed by atoms with Crippen LogP contribution < -0.4 is 44.7 Å². The van der Waals surface area contributed by atoms with E-state index in [1.807, 2.05) is 25.1 Å². The molecule has 0 aromatic heterocycles. The normalized spacial score (nSPS) is 23.0. The Balaban J connectivity index is 0.00000169. The minimum atomic E-state index is -1.22. The Morgan fingerprint density at radius 3 is 2.71 bits per heavy atom. The van der Waals surface area contributed by atoms with Crippen LogP contribution in [0.5, 0.6) is 5.75 Å². The number of ether oxygens (including phenoxy) is 1. The Hall–Kier alpha value is -0.910. The standard InChI is InChI=1S/C17H13Cl2NO3.Na/c1-7-2-3-12-9(4-7)13-14-10(19)5-8(18)6-11(14)20-15(17(21)22)16(13)23-12;/h2-6,13,15-16,20H,1H3,(H,21,22);/q;+1/p-1. The van der Waals surface area contributed by atoms with Gasteiger partial charge < -0.3 is 20.0 Å². The molecular formula is C17H12Cl2NNaO3. The number of aliphatic carboxylic acids is 1. The molecule has 118 valence electrons. The van der Waals surface area contributed by atoms with Crippen molar-refractivity contribution in [2.24, 2.45) is 0 Å². The Morgan fingerprint density at radius 1 is 1.25 bits per heavy atom. The van der Waals surface area contributed by atoms with Crippen molar-refractivity contribution in [2.75, 3.05) is 5.32 Å². The van der Waals surface area contributed by atoms with E-state index in [2.05, 4.69) is 5.32 Å². The molecule has 1 N–H and O–H groups in total. The average Bonchev–Trinajstić information content (AvgIpc) is 2.84. The second kappa shape index (κ2) is 6.43. The van der Waals surface area contributed by atoms with Gasteiger partial charge in [-0.1, -0.05) is 40.9 Å². The topological polar surface area (TPSA) is 61.4 Å². The summed E-state index contributed by atoms with van der Waals surface area (Å²) in [5, 5.41) is 15.5. The number of halogens is 2. The van der Waals surface area contributed by atoms with E-state index in [0.717, 1.165) is 16.7 Å². The zero-order valence-electron chi connectivity index (χ0n) is 13.1. The van der Waals surface area contributed by atoms with Crippen LogP contribution in [0.1, 0.15) is 22.6 Å². The van der Waals surface area contributed by atoms with Crippen LogP contribution in [-0.4, -0.2) is 18.1 Å². The van der Waals surface area contributed by atoms with Crippen molar-refractivity contribution in [3.8, 4) is 5.75 Å². The summed E-state index contributed by atoms with van der Waals surface area (Å²) in [6.45, 7) is 1.98. The number of carbonyl (C=O) groups is 1. The van der Waals surface area contributed by atoms with Gasteiger partial charge in [-0.25, -0.2) is 0 Å². The number of carbonyl (C=O) groups excluding carboxylic acids is 1. The maximum Gasteiger partial charge on any atom is 1.00 e. The zero-order chi connectivity index (χ0) is 16.3. The third-order valence-electron chi connectivity index (χ3n) is 4.39. The number of anilines is 1. The van der Waals surface area contributed by atoms with E-state index in [-0.39, 0.29) is 35.5 Å². The third kappa shape index (κ3) is 2.71. The van der Waals surface area contributed by atoms with E-state index in [0.29, 0.717) is 21.5 Å². The SMILES string of the molecule is Cc1ccc2c(c1)C1c3c(Cl)cc(Cl)cc3NC(C(=O)[O-])C1O2.[Na+]. The molecule has 3 unspecified atom stereocenters. The Kier molecular flexibility index (Phi) is 4.80. The van der Waals surface area contributed by atoms with Crippen LogP contribution in [0, 0.1) is 6.92 Å². The first-order chi connectivity index (χ1) is 11.0. The number of rotatable bonds is 1. The molecular weight excluding hydrogens is 360 g/mol. The summed E-state index contributed by atoms with van der Waals surface area (Å²) in [4.78, 5) is 11.6. The van der Waals surface area contributed by atoms with Crippen molar-refractivity contribution in [3.63, 3.8) is 0 Å². The van der Waals surface area contributed by atoms with Crippen LogP contribution >= 0.6 is 23.2 Å². The van der Waals surface area contributed by atoms with E-state index in [9.17, 15) is 9.90 Å². The van der Waals surface area contributed by atoms with E-state index in [1.54, 1.807) is 12.1 Å². The molecule has 3 atom stereocenters. The molecule has 0 aliphatic carbocycles. The van der Waals surface area contributed by atoms with Crippen LogP contribution in [0.2, 0.25) is 10.0 Å². The van der Waals surface area contributed by atoms with Gasteiger partial charge in [-0.3, -0.25) is 0 Å². The van der Waals surface area contributed by atoms with Crippen LogP contribution in [-0.2, 0) is 4.79 Å². The number of carboxylic acids is 1. The summed E-state index contributed by atoms with van der Waals surface area (Å²) < 4.78 is 5.91. The zero-order valence-corrected chi connectivity index (χ0v) is 16.6. The fourth-order valence-electron chi connectivity index (χ4n) is 3.45. The second-order valence-corrected chi connectivity index (χ2v) is 6.73. The second-order valence-electron chi connectivity index (χ2n) is 5.89. The number of nitrogens with one attached hydrogen (secondary N) is 1. The van der Waals surface area contributed by atoms with Gasteiger partial charge in [0, 0.05) is 26.9 Å². The van der Waals surface area contributed by atoms with Crippen LogP contribution in [0.3, 0.4) is 0 Å². The molecule has 0 fully saturated rings. The minimum Gasteiger partial charge on any atom is -0.548 e. The Morgan fingerprint density at radius 2 is 2.00 bits per heavy atom. The molecule has 2 heterocycles. The van der Waals surface area contributed by atoms with Crippen molar-refractivity contribution in [3.05, 3.63) is 57.1 Å². The quantitative estimate of drug-likeness (QED) is 0.701. The van der Waals surface area contributed by atoms with E-state index >= 15 is 0 Å². The van der Waals surface area contributed by atoms with Gasteiger partial charge in [0.05, 0.1) is 11.9 Å². The third-order valence-corrected chi connectivity index (χ3v) is 4.92. The number of hydrogen-bond acceptors (Lipinski definition) is 4. The molecule has 0 amide bonds. The van der Waals surface area contributed by atoms with Crippen molar-refractivity contribution >= 4 is 34.9 Å². The summed E-state index contributed by atoms with van der Waals surface area (Å²) >= 11 is 12.5. The molecule has 7 heteroatoms. The predicted octanol–water partition coefficient (Wildman–Crippen LogP) is -0.257. The number of carboxylic acid groups (broad SMARTS) is 1. The molecule has 2 aliphatic rings. The molecule has 0 saturated carbocycles. The van der Waals surface area contributed by atoms with Gasteiger partial charge in [-0.05, 0) is 25.1 Å². The van der Waals surface area contributed by atoms with Crippen molar-refractivity contribution in [1.82, 2.24) is 0 Å². The number of fused-ring (bicyclic) bond motifs is 5. The van der Waals surface area contributed by atoms with Crippen LogP contribution in [0.25, 0.3) is 0 Å². The van der Waals surface area contributed by atoms with Crippen molar-refractivity contribution in [1.29, 1.82) is 0 Å². The monoisotopic (exact) mass is 371 g/mol. The van der Waals surface area contributed by atoms with Gasteiger partial charge >= 0.3 is 29.6 Å². The molecule has 2 aromatic rings. The van der Waals surface area contributed by atoms with Crippen LogP contribution in [0.4, 0.5) is 5.69 Å². The summed E-state index contributed by atoms with van der Waals surface area (Å²) in [5.41, 5.74) is 3.43. The van der Waals surface area contributed by atoms with Gasteiger partial charge in [-0.2, -0.15) is 0 Å². The summed E-state index contributed by atoms with van der Waals surface area (Å²) in [6.07, 6.45) is -0.608. The van der Waals surface area contributed by atoms with Gasteiger partial charge in [-0.15, -0.1) is 0 Å². The average molecular weight is 372 g/mol. The maximum absolute atomic E-state index is 11.6. The van der Waals surface area contributed by atoms with Gasteiger partial charge in [0.1, 0.15) is 17.9 Å². The van der Waals surface area contributed by atoms with E-state index < -0.39 is 18.1 Å². The van der Waals surface area contributed by atoms with Crippen molar-refractivity contribution in [2.45, 2.75) is 25.0 Å². The smallest absolute Gasteiger partial charge is 0.548 e. The van der Waals surface area contributed by atoms with Crippen LogP contribution in [0.15, 0.2) is 30.3 Å². The van der Waals surface area contributed by atoms with E-state index in [1.165, 1.54) is 0 Å². The van der Waals surface area contributed by atoms with Gasteiger partial charge in [0.25, 0.3) is 0 Å².